The first kappa shape index (κ1) is 9.92. The van der Waals surface area contributed by atoms with Crippen molar-refractivity contribution in [3.8, 4) is 0 Å². The second kappa shape index (κ2) is 4.75. The molecule has 0 aromatic carbocycles. The number of aromatic nitrogens is 4. The maximum absolute atomic E-state index is 4.20. The van der Waals surface area contributed by atoms with E-state index in [2.05, 4.69) is 27.3 Å². The molecule has 2 aromatic heterocycles. The van der Waals surface area contributed by atoms with Gasteiger partial charge in [-0.05, 0) is 13.0 Å². The first-order valence-corrected chi connectivity index (χ1v) is 5.10. The molecule has 0 radical (unpaired) electrons. The van der Waals surface area contributed by atoms with Gasteiger partial charge in [-0.2, -0.15) is 5.10 Å². The first-order valence-electron chi connectivity index (χ1n) is 5.10. The van der Waals surface area contributed by atoms with Crippen LogP contribution in [0.4, 0.5) is 0 Å². The van der Waals surface area contributed by atoms with E-state index in [1.165, 1.54) is 5.69 Å². The van der Waals surface area contributed by atoms with Crippen LogP contribution in [0, 0.1) is 0 Å². The molecular weight excluding hydrogens is 190 g/mol. The molecule has 80 valence electrons. The summed E-state index contributed by atoms with van der Waals surface area (Å²) in [4.78, 5) is 7.19. The van der Waals surface area contributed by atoms with E-state index in [1.54, 1.807) is 6.20 Å². The van der Waals surface area contributed by atoms with E-state index in [0.717, 1.165) is 25.5 Å². The highest BCUT2D eigenvalue weighted by atomic mass is 15.3. The van der Waals surface area contributed by atoms with Crippen LogP contribution in [0.5, 0.6) is 0 Å². The summed E-state index contributed by atoms with van der Waals surface area (Å²) in [6.07, 6.45) is 5.41. The number of nitrogens with one attached hydrogen (secondary N) is 2. The second-order valence-corrected chi connectivity index (χ2v) is 3.28. The van der Waals surface area contributed by atoms with Gasteiger partial charge in [-0.25, -0.2) is 4.98 Å². The molecule has 2 N–H and O–H groups in total. The van der Waals surface area contributed by atoms with E-state index < -0.39 is 0 Å². The third-order valence-electron chi connectivity index (χ3n) is 2.26. The highest BCUT2D eigenvalue weighted by Gasteiger charge is 2.00. The Labute approximate surface area is 88.5 Å². The number of aromatic amines is 1. The quantitative estimate of drug-likeness (QED) is 0.763. The van der Waals surface area contributed by atoms with Crippen LogP contribution in [-0.2, 0) is 19.6 Å². The van der Waals surface area contributed by atoms with Crippen molar-refractivity contribution in [1.82, 2.24) is 25.1 Å². The molecule has 0 aliphatic rings. The average Bonchev–Trinajstić information content (AvgIpc) is 2.88. The zero-order valence-electron chi connectivity index (χ0n) is 8.77. The Morgan fingerprint density at radius 1 is 1.40 bits per heavy atom. The highest BCUT2D eigenvalue weighted by Crippen LogP contribution is 1.98. The largest absolute Gasteiger partial charge is 0.348 e. The minimum Gasteiger partial charge on any atom is -0.348 e. The summed E-state index contributed by atoms with van der Waals surface area (Å²) in [5.74, 6) is 0.956. The minimum atomic E-state index is 0.752. The summed E-state index contributed by atoms with van der Waals surface area (Å²) in [5.41, 5.74) is 1.20. The summed E-state index contributed by atoms with van der Waals surface area (Å²) in [6.45, 7) is 4.56. The van der Waals surface area contributed by atoms with Crippen molar-refractivity contribution in [2.75, 3.05) is 0 Å². The summed E-state index contributed by atoms with van der Waals surface area (Å²) in [5, 5.41) is 7.51. The molecule has 0 fully saturated rings. The molecular formula is C10H15N5. The normalized spacial score (nSPS) is 10.7. The van der Waals surface area contributed by atoms with Gasteiger partial charge in [-0.15, -0.1) is 0 Å². The summed E-state index contributed by atoms with van der Waals surface area (Å²) < 4.78 is 1.98. The van der Waals surface area contributed by atoms with Gasteiger partial charge >= 0.3 is 0 Å². The maximum atomic E-state index is 4.20. The predicted octanol–water partition coefficient (Wildman–Crippen LogP) is 0.916. The van der Waals surface area contributed by atoms with Gasteiger partial charge in [0.2, 0.25) is 0 Å². The summed E-state index contributed by atoms with van der Waals surface area (Å²) in [7, 11) is 0. The Balaban J connectivity index is 1.83. The molecule has 0 aliphatic carbocycles. The molecule has 0 unspecified atom stereocenters. The Bertz CT molecular complexity index is 390. The molecule has 0 bridgehead atoms. The molecule has 15 heavy (non-hydrogen) atoms. The van der Waals surface area contributed by atoms with Gasteiger partial charge in [0.15, 0.2) is 0 Å². The van der Waals surface area contributed by atoms with Crippen LogP contribution in [0.2, 0.25) is 0 Å². The van der Waals surface area contributed by atoms with Crippen molar-refractivity contribution in [3.05, 3.63) is 36.2 Å². The van der Waals surface area contributed by atoms with Crippen molar-refractivity contribution in [2.24, 2.45) is 0 Å². The summed E-state index contributed by atoms with van der Waals surface area (Å²) >= 11 is 0. The fourth-order valence-electron chi connectivity index (χ4n) is 1.50. The van der Waals surface area contributed by atoms with Crippen LogP contribution in [0.25, 0.3) is 0 Å². The molecule has 0 saturated heterocycles. The lowest BCUT2D eigenvalue weighted by atomic mass is 10.4. The van der Waals surface area contributed by atoms with Crippen LogP contribution in [0.1, 0.15) is 18.4 Å². The molecule has 5 nitrogen and oxygen atoms in total. The maximum Gasteiger partial charge on any atom is 0.120 e. The smallest absolute Gasteiger partial charge is 0.120 e. The zero-order chi connectivity index (χ0) is 10.5. The van der Waals surface area contributed by atoms with Gasteiger partial charge in [-0.3, -0.25) is 4.68 Å². The Kier molecular flexibility index (Phi) is 3.14. The van der Waals surface area contributed by atoms with Gasteiger partial charge in [0.05, 0.1) is 12.2 Å². The molecule has 0 saturated carbocycles. The topological polar surface area (TPSA) is 58.5 Å². The van der Waals surface area contributed by atoms with E-state index in [0.29, 0.717) is 0 Å². The highest BCUT2D eigenvalue weighted by molar-refractivity contribution is 5.00. The average molecular weight is 205 g/mol. The fraction of sp³-hybridized carbons (Fsp3) is 0.400. The molecule has 0 amide bonds. The lowest BCUT2D eigenvalue weighted by molar-refractivity contribution is 0.576. The molecule has 0 atom stereocenters. The van der Waals surface area contributed by atoms with Gasteiger partial charge in [0.25, 0.3) is 0 Å². The van der Waals surface area contributed by atoms with E-state index in [1.807, 2.05) is 23.1 Å². The monoisotopic (exact) mass is 205 g/mol. The lowest BCUT2D eigenvalue weighted by Crippen LogP contribution is -2.16. The van der Waals surface area contributed by atoms with Gasteiger partial charge in [0.1, 0.15) is 5.82 Å². The van der Waals surface area contributed by atoms with E-state index in [4.69, 9.17) is 0 Å². The van der Waals surface area contributed by atoms with E-state index >= 15 is 0 Å². The molecule has 0 spiro atoms. The third-order valence-corrected chi connectivity index (χ3v) is 2.26. The molecule has 0 aliphatic heterocycles. The number of aryl methyl sites for hydroxylation is 1. The summed E-state index contributed by atoms with van der Waals surface area (Å²) in [6, 6.07) is 2.03. The van der Waals surface area contributed by atoms with Crippen molar-refractivity contribution < 1.29 is 0 Å². The molecule has 2 heterocycles. The Morgan fingerprint density at radius 3 is 3.07 bits per heavy atom. The van der Waals surface area contributed by atoms with Crippen molar-refractivity contribution in [1.29, 1.82) is 0 Å². The van der Waals surface area contributed by atoms with Crippen molar-refractivity contribution in [3.63, 3.8) is 0 Å². The van der Waals surface area contributed by atoms with Crippen molar-refractivity contribution in [2.45, 2.75) is 26.6 Å². The second-order valence-electron chi connectivity index (χ2n) is 3.28. The standard InChI is InChI=1S/C10H15N5/c1-2-15-9(3-4-14-15)7-11-8-10-12-5-6-13-10/h3-6,11H,2,7-8H2,1H3,(H,12,13). The third kappa shape index (κ3) is 2.44. The zero-order valence-corrected chi connectivity index (χ0v) is 8.77. The van der Waals surface area contributed by atoms with Crippen LogP contribution in [0.15, 0.2) is 24.7 Å². The first-order chi connectivity index (χ1) is 7.40. The number of rotatable bonds is 5. The van der Waals surface area contributed by atoms with Crippen LogP contribution in [-0.4, -0.2) is 19.7 Å². The molecule has 2 aromatic rings. The fourth-order valence-corrected chi connectivity index (χ4v) is 1.50. The lowest BCUT2D eigenvalue weighted by Gasteiger charge is -2.05. The SMILES string of the molecule is CCn1nccc1CNCc1ncc[nH]1. The van der Waals surface area contributed by atoms with Gasteiger partial charge in [-0.1, -0.05) is 0 Å². The van der Waals surface area contributed by atoms with Gasteiger partial charge in [0, 0.05) is 31.7 Å². The minimum absolute atomic E-state index is 0.752. The Morgan fingerprint density at radius 2 is 2.33 bits per heavy atom. The Hall–Kier alpha value is -1.62. The predicted molar refractivity (Wildman–Crippen MR) is 57.0 cm³/mol. The van der Waals surface area contributed by atoms with E-state index in [-0.39, 0.29) is 0 Å². The number of nitrogens with zero attached hydrogens (tertiary/aromatic N) is 3. The van der Waals surface area contributed by atoms with Crippen LogP contribution >= 0.6 is 0 Å². The van der Waals surface area contributed by atoms with E-state index in [9.17, 15) is 0 Å². The number of hydrogen-bond acceptors (Lipinski definition) is 3. The molecule has 2 rings (SSSR count). The van der Waals surface area contributed by atoms with Gasteiger partial charge < -0.3 is 10.3 Å². The van der Waals surface area contributed by atoms with Crippen molar-refractivity contribution >= 4 is 0 Å². The number of imidazole rings is 1. The molecule has 5 heteroatoms. The number of hydrogen-bond donors (Lipinski definition) is 2. The number of H-pyrrole nitrogens is 1. The van der Waals surface area contributed by atoms with Crippen LogP contribution in [0.3, 0.4) is 0 Å². The van der Waals surface area contributed by atoms with Crippen LogP contribution < -0.4 is 5.32 Å².